The summed E-state index contributed by atoms with van der Waals surface area (Å²) in [6.45, 7) is 3.79. The first-order chi connectivity index (χ1) is 9.47. The van der Waals surface area contributed by atoms with Crippen molar-refractivity contribution in [3.8, 4) is 0 Å². The van der Waals surface area contributed by atoms with Gasteiger partial charge in [-0.15, -0.1) is 0 Å². The molecule has 0 aliphatic rings. The van der Waals surface area contributed by atoms with Gasteiger partial charge in [0.15, 0.2) is 0 Å². The van der Waals surface area contributed by atoms with Crippen molar-refractivity contribution in [2.75, 3.05) is 0 Å². The molecule has 0 saturated carbocycles. The van der Waals surface area contributed by atoms with Gasteiger partial charge in [0.2, 0.25) is 0 Å². The smallest absolute Gasteiger partial charge is 0.336 e. The second kappa shape index (κ2) is 5.70. The lowest BCUT2D eigenvalue weighted by atomic mass is 9.96. The lowest BCUT2D eigenvalue weighted by Crippen LogP contribution is -2.02. The van der Waals surface area contributed by atoms with Gasteiger partial charge in [0, 0.05) is 0 Å². The fraction of sp³-hybridized carbons (Fsp3) is 0.118. The molecule has 0 bridgehead atoms. The maximum absolute atomic E-state index is 12.9. The van der Waals surface area contributed by atoms with Crippen LogP contribution in [-0.4, -0.2) is 11.1 Å². The largest absolute Gasteiger partial charge is 0.478 e. The summed E-state index contributed by atoms with van der Waals surface area (Å²) in [6, 6.07) is 11.4. The standard InChI is InChI=1S/C17H15FO2/c1-11-3-4-12(2)15(9-11)16(17(19)20)10-13-5-7-14(18)8-6-13/h3-10H,1-2H3,(H,19,20)/b16-10-. The molecule has 0 aliphatic carbocycles. The lowest BCUT2D eigenvalue weighted by molar-refractivity contribution is -0.130. The van der Waals surface area contributed by atoms with Crippen LogP contribution in [0.4, 0.5) is 4.39 Å². The number of carboxylic acid groups (broad SMARTS) is 1. The number of benzene rings is 2. The predicted molar refractivity (Wildman–Crippen MR) is 77.8 cm³/mol. The van der Waals surface area contributed by atoms with Crippen LogP contribution in [0.25, 0.3) is 11.6 Å². The Morgan fingerprint density at radius 2 is 1.75 bits per heavy atom. The van der Waals surface area contributed by atoms with E-state index in [1.165, 1.54) is 12.1 Å². The summed E-state index contributed by atoms with van der Waals surface area (Å²) in [6.07, 6.45) is 1.56. The number of rotatable bonds is 3. The molecule has 0 amide bonds. The predicted octanol–water partition coefficient (Wildman–Crippen LogP) is 4.07. The van der Waals surface area contributed by atoms with Gasteiger partial charge in [0.05, 0.1) is 5.57 Å². The molecule has 2 rings (SSSR count). The molecule has 102 valence electrons. The van der Waals surface area contributed by atoms with Crippen molar-refractivity contribution >= 4 is 17.6 Å². The molecule has 3 heteroatoms. The van der Waals surface area contributed by atoms with Gasteiger partial charge < -0.3 is 5.11 Å². The van der Waals surface area contributed by atoms with Crippen LogP contribution in [-0.2, 0) is 4.79 Å². The minimum absolute atomic E-state index is 0.206. The Morgan fingerprint density at radius 1 is 1.10 bits per heavy atom. The molecule has 2 aromatic carbocycles. The summed E-state index contributed by atoms with van der Waals surface area (Å²) in [7, 11) is 0. The quantitative estimate of drug-likeness (QED) is 0.674. The van der Waals surface area contributed by atoms with Gasteiger partial charge in [-0.1, -0.05) is 35.9 Å². The van der Waals surface area contributed by atoms with Gasteiger partial charge in [-0.05, 0) is 48.7 Å². The van der Waals surface area contributed by atoms with E-state index in [0.717, 1.165) is 11.1 Å². The van der Waals surface area contributed by atoms with Crippen LogP contribution in [0.15, 0.2) is 42.5 Å². The zero-order valence-corrected chi connectivity index (χ0v) is 11.4. The van der Waals surface area contributed by atoms with Gasteiger partial charge in [-0.3, -0.25) is 0 Å². The summed E-state index contributed by atoms with van der Waals surface area (Å²) in [5.74, 6) is -1.34. The zero-order valence-electron chi connectivity index (χ0n) is 11.4. The molecular formula is C17H15FO2. The van der Waals surface area contributed by atoms with Crippen molar-refractivity contribution < 1.29 is 14.3 Å². The minimum atomic E-state index is -0.997. The third-order valence-electron chi connectivity index (χ3n) is 3.09. The van der Waals surface area contributed by atoms with Crippen molar-refractivity contribution in [3.63, 3.8) is 0 Å². The average molecular weight is 270 g/mol. The van der Waals surface area contributed by atoms with E-state index < -0.39 is 5.97 Å². The van der Waals surface area contributed by atoms with Gasteiger partial charge in [-0.25, -0.2) is 9.18 Å². The Morgan fingerprint density at radius 3 is 2.35 bits per heavy atom. The molecular weight excluding hydrogens is 255 g/mol. The molecule has 0 heterocycles. The normalized spacial score (nSPS) is 11.4. The zero-order chi connectivity index (χ0) is 14.7. The molecule has 2 nitrogen and oxygen atoms in total. The van der Waals surface area contributed by atoms with E-state index >= 15 is 0 Å². The Kier molecular flexibility index (Phi) is 3.99. The lowest BCUT2D eigenvalue weighted by Gasteiger charge is -2.08. The van der Waals surface area contributed by atoms with Gasteiger partial charge in [0.1, 0.15) is 5.82 Å². The maximum atomic E-state index is 12.9. The number of halogens is 1. The van der Waals surface area contributed by atoms with Gasteiger partial charge in [-0.2, -0.15) is 0 Å². The third kappa shape index (κ3) is 3.12. The van der Waals surface area contributed by atoms with Crippen LogP contribution < -0.4 is 0 Å². The van der Waals surface area contributed by atoms with Crippen LogP contribution in [0.5, 0.6) is 0 Å². The molecule has 0 fully saturated rings. The molecule has 0 radical (unpaired) electrons. The molecule has 0 aromatic heterocycles. The number of aryl methyl sites for hydroxylation is 2. The van der Waals surface area contributed by atoms with Crippen molar-refractivity contribution in [2.24, 2.45) is 0 Å². The molecule has 0 spiro atoms. The molecule has 0 atom stereocenters. The topological polar surface area (TPSA) is 37.3 Å². The summed E-state index contributed by atoms with van der Waals surface area (Å²) in [4.78, 5) is 11.5. The Balaban J connectivity index is 2.54. The second-order valence-corrected chi connectivity index (χ2v) is 4.73. The highest BCUT2D eigenvalue weighted by Crippen LogP contribution is 2.23. The van der Waals surface area contributed by atoms with E-state index in [2.05, 4.69) is 0 Å². The minimum Gasteiger partial charge on any atom is -0.478 e. The van der Waals surface area contributed by atoms with E-state index in [1.54, 1.807) is 18.2 Å². The van der Waals surface area contributed by atoms with Gasteiger partial charge in [0.25, 0.3) is 0 Å². The molecule has 2 aromatic rings. The number of hydrogen-bond donors (Lipinski definition) is 1. The first-order valence-electron chi connectivity index (χ1n) is 6.25. The van der Waals surface area contributed by atoms with Gasteiger partial charge >= 0.3 is 5.97 Å². The second-order valence-electron chi connectivity index (χ2n) is 4.73. The number of hydrogen-bond acceptors (Lipinski definition) is 1. The SMILES string of the molecule is Cc1ccc(C)c(/C(=C/c2ccc(F)cc2)C(=O)O)c1. The fourth-order valence-electron chi connectivity index (χ4n) is 2.01. The monoisotopic (exact) mass is 270 g/mol. The van der Waals surface area contributed by atoms with Crippen LogP contribution >= 0.6 is 0 Å². The summed E-state index contributed by atoms with van der Waals surface area (Å²) >= 11 is 0. The van der Waals surface area contributed by atoms with Crippen molar-refractivity contribution in [3.05, 3.63) is 70.5 Å². The summed E-state index contributed by atoms with van der Waals surface area (Å²) in [5.41, 5.74) is 3.44. The van der Waals surface area contributed by atoms with Crippen LogP contribution in [0.3, 0.4) is 0 Å². The fourth-order valence-corrected chi connectivity index (χ4v) is 2.01. The third-order valence-corrected chi connectivity index (χ3v) is 3.09. The number of carboxylic acids is 1. The average Bonchev–Trinajstić information content (AvgIpc) is 2.41. The highest BCUT2D eigenvalue weighted by atomic mass is 19.1. The van der Waals surface area contributed by atoms with E-state index in [0.29, 0.717) is 11.1 Å². The maximum Gasteiger partial charge on any atom is 0.336 e. The van der Waals surface area contributed by atoms with Crippen molar-refractivity contribution in [1.82, 2.24) is 0 Å². The summed E-state index contributed by atoms with van der Waals surface area (Å²) < 4.78 is 12.9. The van der Waals surface area contributed by atoms with Crippen LogP contribution in [0.1, 0.15) is 22.3 Å². The number of carbonyl (C=O) groups is 1. The number of aliphatic carboxylic acids is 1. The van der Waals surface area contributed by atoms with Crippen LogP contribution in [0, 0.1) is 19.7 Å². The molecule has 0 aliphatic heterocycles. The van der Waals surface area contributed by atoms with Crippen LogP contribution in [0.2, 0.25) is 0 Å². The van der Waals surface area contributed by atoms with E-state index in [9.17, 15) is 14.3 Å². The van der Waals surface area contributed by atoms with Crippen molar-refractivity contribution in [1.29, 1.82) is 0 Å². The molecule has 1 N–H and O–H groups in total. The Labute approximate surface area is 117 Å². The van der Waals surface area contributed by atoms with E-state index in [4.69, 9.17) is 0 Å². The van der Waals surface area contributed by atoms with Crippen molar-refractivity contribution in [2.45, 2.75) is 13.8 Å². The summed E-state index contributed by atoms with van der Waals surface area (Å²) in [5, 5.41) is 9.42. The molecule has 20 heavy (non-hydrogen) atoms. The Bertz CT molecular complexity index is 670. The highest BCUT2D eigenvalue weighted by Gasteiger charge is 2.13. The Hall–Kier alpha value is -2.42. The first-order valence-corrected chi connectivity index (χ1v) is 6.25. The molecule has 0 unspecified atom stereocenters. The molecule has 0 saturated heterocycles. The highest BCUT2D eigenvalue weighted by molar-refractivity contribution is 6.21. The van der Waals surface area contributed by atoms with E-state index in [1.807, 2.05) is 32.0 Å². The van der Waals surface area contributed by atoms with E-state index in [-0.39, 0.29) is 11.4 Å². The first kappa shape index (κ1) is 14.0.